The third-order valence-corrected chi connectivity index (χ3v) is 4.50. The van der Waals surface area contributed by atoms with E-state index in [9.17, 15) is 9.59 Å². The Labute approximate surface area is 167 Å². The maximum atomic E-state index is 12.6. The SMILES string of the molecule is COC(=O)N(C)c1ccc(NC(=O)c2cnn(-c3cccc(Cl)c3)c2C)cc1. The smallest absolute Gasteiger partial charge is 0.413 e. The number of carbonyl (C=O) groups is 2. The quantitative estimate of drug-likeness (QED) is 0.711. The van der Waals surface area contributed by atoms with Gasteiger partial charge in [-0.2, -0.15) is 5.10 Å². The number of carbonyl (C=O) groups excluding carboxylic acids is 2. The van der Waals surface area contributed by atoms with Gasteiger partial charge < -0.3 is 10.1 Å². The van der Waals surface area contributed by atoms with E-state index < -0.39 is 6.09 Å². The van der Waals surface area contributed by atoms with Gasteiger partial charge in [-0.1, -0.05) is 17.7 Å². The van der Waals surface area contributed by atoms with Crippen LogP contribution in [0.15, 0.2) is 54.7 Å². The van der Waals surface area contributed by atoms with Crippen LogP contribution in [0.25, 0.3) is 5.69 Å². The van der Waals surface area contributed by atoms with Crippen LogP contribution in [0.3, 0.4) is 0 Å². The van der Waals surface area contributed by atoms with Crippen LogP contribution < -0.4 is 10.2 Å². The van der Waals surface area contributed by atoms with E-state index in [2.05, 4.69) is 15.2 Å². The molecular formula is C20H19ClN4O3. The number of ether oxygens (including phenoxy) is 1. The van der Waals surface area contributed by atoms with E-state index in [0.717, 1.165) is 5.69 Å². The van der Waals surface area contributed by atoms with Gasteiger partial charge in [0, 0.05) is 23.4 Å². The topological polar surface area (TPSA) is 76.5 Å². The molecule has 144 valence electrons. The zero-order valence-electron chi connectivity index (χ0n) is 15.6. The molecule has 1 aromatic heterocycles. The molecule has 0 aliphatic heterocycles. The summed E-state index contributed by atoms with van der Waals surface area (Å²) in [5, 5.41) is 7.72. The number of hydrogen-bond acceptors (Lipinski definition) is 4. The van der Waals surface area contributed by atoms with E-state index in [-0.39, 0.29) is 5.91 Å². The summed E-state index contributed by atoms with van der Waals surface area (Å²) in [6.07, 6.45) is 1.05. The highest BCUT2D eigenvalue weighted by molar-refractivity contribution is 6.30. The lowest BCUT2D eigenvalue weighted by atomic mass is 10.2. The molecule has 2 aromatic carbocycles. The van der Waals surface area contributed by atoms with E-state index in [4.69, 9.17) is 11.6 Å². The number of nitrogens with one attached hydrogen (secondary N) is 1. The second kappa shape index (κ2) is 8.14. The van der Waals surface area contributed by atoms with Crippen LogP contribution in [-0.2, 0) is 4.74 Å². The molecule has 0 saturated carbocycles. The van der Waals surface area contributed by atoms with E-state index in [1.807, 2.05) is 19.1 Å². The molecule has 0 saturated heterocycles. The molecule has 28 heavy (non-hydrogen) atoms. The minimum Gasteiger partial charge on any atom is -0.452 e. The van der Waals surface area contributed by atoms with Crippen molar-refractivity contribution in [3.05, 3.63) is 71.0 Å². The molecule has 0 aliphatic rings. The van der Waals surface area contributed by atoms with Gasteiger partial charge in [-0.3, -0.25) is 9.69 Å². The average molecular weight is 399 g/mol. The number of benzene rings is 2. The van der Waals surface area contributed by atoms with Gasteiger partial charge in [0.25, 0.3) is 5.91 Å². The normalized spacial score (nSPS) is 10.4. The van der Waals surface area contributed by atoms with Gasteiger partial charge in [0.15, 0.2) is 0 Å². The molecule has 0 fully saturated rings. The minimum absolute atomic E-state index is 0.278. The Morgan fingerprint density at radius 3 is 2.54 bits per heavy atom. The van der Waals surface area contributed by atoms with Crippen LogP contribution in [0.1, 0.15) is 16.1 Å². The van der Waals surface area contributed by atoms with Crippen molar-refractivity contribution in [2.75, 3.05) is 24.4 Å². The van der Waals surface area contributed by atoms with Gasteiger partial charge in [-0.15, -0.1) is 0 Å². The molecular weight excluding hydrogens is 380 g/mol. The number of hydrogen-bond donors (Lipinski definition) is 1. The summed E-state index contributed by atoms with van der Waals surface area (Å²) in [6.45, 7) is 1.82. The molecule has 2 amide bonds. The first kappa shape index (κ1) is 19.4. The van der Waals surface area contributed by atoms with Gasteiger partial charge in [-0.25, -0.2) is 9.48 Å². The minimum atomic E-state index is -0.471. The van der Waals surface area contributed by atoms with Crippen molar-refractivity contribution >= 4 is 35.0 Å². The lowest BCUT2D eigenvalue weighted by molar-refractivity contribution is 0.102. The molecule has 8 heteroatoms. The van der Waals surface area contributed by atoms with Crippen molar-refractivity contribution < 1.29 is 14.3 Å². The summed E-state index contributed by atoms with van der Waals surface area (Å²) in [4.78, 5) is 25.6. The largest absolute Gasteiger partial charge is 0.452 e. The Hall–Kier alpha value is -3.32. The first-order chi connectivity index (χ1) is 13.4. The molecule has 0 bridgehead atoms. The Balaban J connectivity index is 1.76. The molecule has 7 nitrogen and oxygen atoms in total. The van der Waals surface area contributed by atoms with Crippen molar-refractivity contribution in [3.63, 3.8) is 0 Å². The Kier molecular flexibility index (Phi) is 5.65. The van der Waals surface area contributed by atoms with Gasteiger partial charge in [0.2, 0.25) is 0 Å². The third kappa shape index (κ3) is 3.99. The van der Waals surface area contributed by atoms with Gasteiger partial charge in [-0.05, 0) is 49.4 Å². The van der Waals surface area contributed by atoms with Crippen molar-refractivity contribution in [1.29, 1.82) is 0 Å². The Bertz CT molecular complexity index is 1010. The zero-order valence-corrected chi connectivity index (χ0v) is 16.4. The number of nitrogens with zero attached hydrogens (tertiary/aromatic N) is 3. The Morgan fingerprint density at radius 2 is 1.89 bits per heavy atom. The number of halogens is 1. The molecule has 1 N–H and O–H groups in total. The van der Waals surface area contributed by atoms with Gasteiger partial charge in [0.1, 0.15) is 0 Å². The van der Waals surface area contributed by atoms with E-state index in [0.29, 0.717) is 27.7 Å². The first-order valence-corrected chi connectivity index (χ1v) is 8.82. The van der Waals surface area contributed by atoms with Crippen LogP contribution in [0, 0.1) is 6.92 Å². The van der Waals surface area contributed by atoms with Crippen molar-refractivity contribution in [2.45, 2.75) is 6.92 Å². The standard InChI is InChI=1S/C20H19ClN4O3/c1-13-18(12-22-25(13)17-6-4-5-14(21)11-17)19(26)23-15-7-9-16(10-8-15)24(2)20(27)28-3/h4-12H,1-3H3,(H,23,26). The van der Waals surface area contributed by atoms with E-state index in [1.54, 1.807) is 48.1 Å². The fourth-order valence-corrected chi connectivity index (χ4v) is 2.89. The highest BCUT2D eigenvalue weighted by atomic mass is 35.5. The average Bonchev–Trinajstić information content (AvgIpc) is 3.09. The molecule has 0 radical (unpaired) electrons. The molecule has 3 aromatic rings. The number of rotatable bonds is 4. The predicted molar refractivity (Wildman–Crippen MR) is 109 cm³/mol. The predicted octanol–water partition coefficient (Wildman–Crippen LogP) is 4.29. The first-order valence-electron chi connectivity index (χ1n) is 8.44. The lowest BCUT2D eigenvalue weighted by Crippen LogP contribution is -2.25. The van der Waals surface area contributed by atoms with Crippen LogP contribution >= 0.6 is 11.6 Å². The van der Waals surface area contributed by atoms with Crippen LogP contribution in [0.4, 0.5) is 16.2 Å². The third-order valence-electron chi connectivity index (χ3n) is 4.27. The molecule has 3 rings (SSSR count). The molecule has 1 heterocycles. The summed E-state index contributed by atoms with van der Waals surface area (Å²) >= 11 is 6.03. The molecule has 0 aliphatic carbocycles. The van der Waals surface area contributed by atoms with E-state index >= 15 is 0 Å². The number of amides is 2. The maximum absolute atomic E-state index is 12.6. The monoisotopic (exact) mass is 398 g/mol. The molecule has 0 unspecified atom stereocenters. The van der Waals surface area contributed by atoms with E-state index in [1.165, 1.54) is 18.2 Å². The van der Waals surface area contributed by atoms with Crippen LogP contribution in [-0.4, -0.2) is 35.9 Å². The zero-order chi connectivity index (χ0) is 20.3. The van der Waals surface area contributed by atoms with Crippen LogP contribution in [0.5, 0.6) is 0 Å². The maximum Gasteiger partial charge on any atom is 0.413 e. The number of methoxy groups -OCH3 is 1. The fraction of sp³-hybridized carbons (Fsp3) is 0.150. The number of anilines is 2. The lowest BCUT2D eigenvalue weighted by Gasteiger charge is -2.16. The summed E-state index contributed by atoms with van der Waals surface area (Å²) in [5.74, 6) is -0.278. The summed E-state index contributed by atoms with van der Waals surface area (Å²) in [5.41, 5.74) is 3.17. The summed E-state index contributed by atoms with van der Waals surface area (Å²) in [7, 11) is 2.92. The second-order valence-corrected chi connectivity index (χ2v) is 6.50. The highest BCUT2D eigenvalue weighted by Crippen LogP contribution is 2.21. The van der Waals surface area contributed by atoms with Crippen molar-refractivity contribution in [2.24, 2.45) is 0 Å². The fourth-order valence-electron chi connectivity index (χ4n) is 2.71. The van der Waals surface area contributed by atoms with Gasteiger partial charge in [0.05, 0.1) is 30.3 Å². The summed E-state index contributed by atoms with van der Waals surface area (Å²) < 4.78 is 6.34. The molecule has 0 atom stereocenters. The number of aromatic nitrogens is 2. The van der Waals surface area contributed by atoms with Gasteiger partial charge >= 0.3 is 6.09 Å². The molecule has 0 spiro atoms. The highest BCUT2D eigenvalue weighted by Gasteiger charge is 2.16. The second-order valence-electron chi connectivity index (χ2n) is 6.07. The summed E-state index contributed by atoms with van der Waals surface area (Å²) in [6, 6.07) is 14.1. The Morgan fingerprint density at radius 1 is 1.18 bits per heavy atom. The van der Waals surface area contributed by atoms with Crippen molar-refractivity contribution in [1.82, 2.24) is 9.78 Å². The van der Waals surface area contributed by atoms with Crippen molar-refractivity contribution in [3.8, 4) is 5.69 Å². The van der Waals surface area contributed by atoms with Crippen LogP contribution in [0.2, 0.25) is 5.02 Å².